The lowest BCUT2D eigenvalue weighted by Crippen LogP contribution is -2.51. The van der Waals surface area contributed by atoms with Gasteiger partial charge in [0, 0.05) is 37.9 Å². The van der Waals surface area contributed by atoms with Crippen LogP contribution < -0.4 is 15.4 Å². The molecule has 9 heteroatoms. The first-order valence-corrected chi connectivity index (χ1v) is 17.0. The highest BCUT2D eigenvalue weighted by Gasteiger charge is 2.49. The molecule has 4 aromatic rings. The van der Waals surface area contributed by atoms with Gasteiger partial charge in [-0.25, -0.2) is 4.98 Å². The third kappa shape index (κ3) is 6.65. The molecule has 46 heavy (non-hydrogen) atoms. The number of nitrogens with zero attached hydrogens (tertiary/aromatic N) is 2. The normalized spacial score (nSPS) is 18.8. The van der Waals surface area contributed by atoms with Crippen molar-refractivity contribution in [2.75, 3.05) is 17.7 Å². The summed E-state index contributed by atoms with van der Waals surface area (Å²) in [5.41, 5.74) is 2.07. The van der Waals surface area contributed by atoms with Gasteiger partial charge in [-0.3, -0.25) is 9.59 Å². The average Bonchev–Trinajstić information content (AvgIpc) is 3.65. The molecule has 1 aliphatic heterocycles. The van der Waals surface area contributed by atoms with Gasteiger partial charge in [0.05, 0.1) is 39.6 Å². The molecule has 2 aromatic heterocycles. The number of carbonyl (C=O) groups is 2. The van der Waals surface area contributed by atoms with Crippen molar-refractivity contribution in [2.24, 2.45) is 0 Å². The molecule has 8 nitrogen and oxygen atoms in total. The molecule has 1 fully saturated rings. The number of hydrogen-bond donors (Lipinski definition) is 2. The molecule has 3 heterocycles. The molecule has 242 valence electrons. The summed E-state index contributed by atoms with van der Waals surface area (Å²) >= 11 is 6.75. The van der Waals surface area contributed by atoms with Crippen molar-refractivity contribution in [3.8, 4) is 11.5 Å². The van der Waals surface area contributed by atoms with E-state index < -0.39 is 5.54 Å². The highest BCUT2D eigenvalue weighted by atomic mass is 35.5. The van der Waals surface area contributed by atoms with Gasteiger partial charge in [-0.05, 0) is 43.5 Å². The quantitative estimate of drug-likeness (QED) is 0.105. The van der Waals surface area contributed by atoms with Crippen molar-refractivity contribution in [3.05, 3.63) is 77.1 Å². The number of anilines is 2. The maximum Gasteiger partial charge on any atom is 0.250 e. The van der Waals surface area contributed by atoms with Gasteiger partial charge in [0.25, 0.3) is 0 Å². The summed E-state index contributed by atoms with van der Waals surface area (Å²) in [5.74, 6) is 0.928. The van der Waals surface area contributed by atoms with Crippen molar-refractivity contribution in [1.29, 1.82) is 0 Å². The number of nitrogens with one attached hydrogen (secondary N) is 2. The number of ether oxygens (including phenoxy) is 2. The molecule has 0 radical (unpaired) electrons. The Morgan fingerprint density at radius 1 is 1.02 bits per heavy atom. The van der Waals surface area contributed by atoms with Crippen LogP contribution in [0.2, 0.25) is 5.02 Å². The van der Waals surface area contributed by atoms with E-state index in [1.807, 2.05) is 36.5 Å². The van der Waals surface area contributed by atoms with Crippen LogP contribution in [0.4, 0.5) is 11.4 Å². The number of unbranched alkanes of at least 4 members (excludes halogenated alkanes) is 7. The van der Waals surface area contributed by atoms with E-state index in [4.69, 9.17) is 26.1 Å². The zero-order valence-electron chi connectivity index (χ0n) is 26.7. The monoisotopic (exact) mass is 642 g/mol. The second-order valence-electron chi connectivity index (χ2n) is 12.6. The molecule has 2 aromatic carbocycles. The smallest absolute Gasteiger partial charge is 0.250 e. The SMILES string of the molecule is CCCCCCCCCCn1cc(C(=O)c2ccc(Oc3ccccc3)cc2Cl)c2c3c(cnc21)NC(=O)[C@@]1(CC[C@@H](OC)C1)N3. The molecule has 0 unspecified atom stereocenters. The largest absolute Gasteiger partial charge is 0.457 e. The number of rotatable bonds is 14. The van der Waals surface area contributed by atoms with E-state index in [9.17, 15) is 9.59 Å². The molecule has 1 amide bonds. The Morgan fingerprint density at radius 2 is 1.78 bits per heavy atom. The molecular formula is C37H43ClN4O4. The number of aromatic nitrogens is 2. The summed E-state index contributed by atoms with van der Waals surface area (Å²) in [6.07, 6.45) is 15.2. The van der Waals surface area contributed by atoms with E-state index in [2.05, 4.69) is 22.1 Å². The van der Waals surface area contributed by atoms with Crippen LogP contribution in [0, 0.1) is 0 Å². The van der Waals surface area contributed by atoms with Gasteiger partial charge in [-0.15, -0.1) is 0 Å². The number of benzene rings is 2. The van der Waals surface area contributed by atoms with E-state index in [0.29, 0.717) is 57.2 Å². The van der Waals surface area contributed by atoms with E-state index in [-0.39, 0.29) is 17.8 Å². The van der Waals surface area contributed by atoms with Gasteiger partial charge < -0.3 is 24.7 Å². The van der Waals surface area contributed by atoms with Crippen LogP contribution >= 0.6 is 11.6 Å². The molecule has 6 rings (SSSR count). The fourth-order valence-electron chi connectivity index (χ4n) is 6.81. The van der Waals surface area contributed by atoms with Crippen molar-refractivity contribution in [1.82, 2.24) is 9.55 Å². The Bertz CT molecular complexity index is 1700. The number of carbonyl (C=O) groups excluding carboxylic acids is 2. The fraction of sp³-hybridized carbons (Fsp3) is 0.432. The number of halogens is 1. The summed E-state index contributed by atoms with van der Waals surface area (Å²) < 4.78 is 13.7. The van der Waals surface area contributed by atoms with E-state index >= 15 is 0 Å². The van der Waals surface area contributed by atoms with Crippen molar-refractivity contribution < 1.29 is 19.1 Å². The van der Waals surface area contributed by atoms with Gasteiger partial charge in [0.2, 0.25) is 5.91 Å². The van der Waals surface area contributed by atoms with Crippen molar-refractivity contribution >= 4 is 45.7 Å². The third-order valence-electron chi connectivity index (χ3n) is 9.40. The molecule has 1 saturated carbocycles. The first kappa shape index (κ1) is 32.1. The summed E-state index contributed by atoms with van der Waals surface area (Å²) in [7, 11) is 1.68. The maximum absolute atomic E-state index is 14.3. The molecular weight excluding hydrogens is 600 g/mol. The predicted octanol–water partition coefficient (Wildman–Crippen LogP) is 9.16. The molecule has 2 aliphatic rings. The van der Waals surface area contributed by atoms with Crippen molar-refractivity contribution in [2.45, 2.75) is 95.7 Å². The minimum Gasteiger partial charge on any atom is -0.457 e. The second-order valence-corrected chi connectivity index (χ2v) is 13.0. The highest BCUT2D eigenvalue weighted by Crippen LogP contribution is 2.45. The van der Waals surface area contributed by atoms with E-state index in [0.717, 1.165) is 31.5 Å². The number of fused-ring (bicyclic) bond motifs is 3. The van der Waals surface area contributed by atoms with Gasteiger partial charge in [0.15, 0.2) is 5.78 Å². The standard InChI is InChI=1S/C37H43ClN4O4/c1-3-4-5-6-7-8-9-13-20-42-24-29(34(43)28-17-16-26(21-30(28)38)46-25-14-11-10-12-15-25)32-33-31(23-39-35(32)42)40-36(44)37(41-33)19-18-27(22-37)45-2/h10-12,14-17,21,23-24,27,41H,3-9,13,18-20,22H2,1-2H3,(H,40,44)/t27-,37+/m1/s1. The van der Waals surface area contributed by atoms with Crippen LogP contribution in [0.25, 0.3) is 11.0 Å². The Hall–Kier alpha value is -3.88. The number of ketones is 1. The zero-order chi connectivity index (χ0) is 32.1. The maximum atomic E-state index is 14.3. The number of para-hydroxylation sites is 1. The van der Waals surface area contributed by atoms with Crippen LogP contribution in [0.15, 0.2) is 60.9 Å². The lowest BCUT2D eigenvalue weighted by Gasteiger charge is -2.36. The lowest BCUT2D eigenvalue weighted by atomic mass is 9.92. The van der Waals surface area contributed by atoms with Crippen molar-refractivity contribution in [3.63, 3.8) is 0 Å². The van der Waals surface area contributed by atoms with Crippen LogP contribution in [-0.2, 0) is 16.1 Å². The lowest BCUT2D eigenvalue weighted by molar-refractivity contribution is -0.120. The number of hydrogen-bond acceptors (Lipinski definition) is 6. The van der Waals surface area contributed by atoms with Gasteiger partial charge in [0.1, 0.15) is 22.7 Å². The van der Waals surface area contributed by atoms with Crippen LogP contribution in [0.5, 0.6) is 11.5 Å². The first-order valence-electron chi connectivity index (χ1n) is 16.6. The Labute approximate surface area is 275 Å². The number of amides is 1. The molecule has 1 aliphatic carbocycles. The summed E-state index contributed by atoms with van der Waals surface area (Å²) in [6.45, 7) is 2.98. The predicted molar refractivity (Wildman–Crippen MR) is 183 cm³/mol. The van der Waals surface area contributed by atoms with E-state index in [1.54, 1.807) is 31.5 Å². The zero-order valence-corrected chi connectivity index (χ0v) is 27.5. The minimum absolute atomic E-state index is 0.0137. The van der Waals surface area contributed by atoms with Crippen LogP contribution in [0.1, 0.15) is 93.5 Å². The van der Waals surface area contributed by atoms with Crippen LogP contribution in [0.3, 0.4) is 0 Å². The Kier molecular flexibility index (Phi) is 9.95. The third-order valence-corrected chi connectivity index (χ3v) is 9.71. The number of aryl methyl sites for hydroxylation is 1. The van der Waals surface area contributed by atoms with Crippen LogP contribution in [-0.4, -0.2) is 40.0 Å². The Balaban J connectivity index is 1.32. The molecule has 0 saturated heterocycles. The molecule has 1 spiro atoms. The second kappa shape index (κ2) is 14.3. The van der Waals surface area contributed by atoms with E-state index in [1.165, 1.54) is 38.5 Å². The summed E-state index contributed by atoms with van der Waals surface area (Å²) in [6, 6.07) is 14.6. The molecule has 0 bridgehead atoms. The molecule has 2 N–H and O–H groups in total. The topological polar surface area (TPSA) is 94.5 Å². The average molecular weight is 643 g/mol. The summed E-state index contributed by atoms with van der Waals surface area (Å²) in [4.78, 5) is 32.5. The summed E-state index contributed by atoms with van der Waals surface area (Å²) in [5, 5.41) is 7.68. The number of methoxy groups -OCH3 is 1. The first-order chi connectivity index (χ1) is 22.4. The minimum atomic E-state index is -0.809. The number of pyridine rings is 1. The molecule has 2 atom stereocenters. The highest BCUT2D eigenvalue weighted by molar-refractivity contribution is 6.36. The van der Waals surface area contributed by atoms with Gasteiger partial charge in [-0.1, -0.05) is 81.7 Å². The van der Waals surface area contributed by atoms with Gasteiger partial charge >= 0.3 is 0 Å². The Morgan fingerprint density at radius 3 is 2.50 bits per heavy atom. The fourth-order valence-corrected chi connectivity index (χ4v) is 7.07. The van der Waals surface area contributed by atoms with Gasteiger partial charge in [-0.2, -0.15) is 0 Å².